The lowest BCUT2D eigenvalue weighted by molar-refractivity contribution is 0.0952. The Hall–Kier alpha value is -1.95. The molecule has 0 aliphatic heterocycles. The maximum absolute atomic E-state index is 12.2. The van der Waals surface area contributed by atoms with Gasteiger partial charge in [0.2, 0.25) is 0 Å². The highest BCUT2D eigenvalue weighted by Gasteiger charge is 2.26. The Labute approximate surface area is 122 Å². The van der Waals surface area contributed by atoms with Crippen LogP contribution in [-0.2, 0) is 12.0 Å². The minimum atomic E-state index is -0.203. The van der Waals surface area contributed by atoms with Crippen molar-refractivity contribution in [1.82, 2.24) is 14.9 Å². The Morgan fingerprint density at radius 1 is 1.35 bits per heavy atom. The van der Waals surface area contributed by atoms with Crippen molar-refractivity contribution in [2.24, 2.45) is 0 Å². The number of anilines is 1. The lowest BCUT2D eigenvalue weighted by Gasteiger charge is -2.16. The highest BCUT2D eigenvalue weighted by Crippen LogP contribution is 2.25. The Bertz CT molecular complexity index is 616. The first-order valence-electron chi connectivity index (χ1n) is 6.34. The van der Waals surface area contributed by atoms with Crippen LogP contribution in [0.25, 0.3) is 0 Å². The van der Waals surface area contributed by atoms with E-state index in [0.717, 1.165) is 22.8 Å². The number of hydrogen-bond acceptors (Lipinski definition) is 5. The number of hydrogen-bond donors (Lipinski definition) is 2. The number of amides is 1. The molecule has 0 spiro atoms. The van der Waals surface area contributed by atoms with E-state index < -0.39 is 0 Å². The van der Waals surface area contributed by atoms with Crippen molar-refractivity contribution in [2.45, 2.75) is 32.7 Å². The molecule has 0 atom stereocenters. The average molecular weight is 290 g/mol. The van der Waals surface area contributed by atoms with Crippen LogP contribution < -0.4 is 11.1 Å². The molecule has 0 fully saturated rings. The monoisotopic (exact) mass is 290 g/mol. The molecule has 0 aliphatic carbocycles. The Balaban J connectivity index is 2.10. The number of carbonyl (C=O) groups is 1. The molecule has 0 saturated heterocycles. The average Bonchev–Trinajstić information content (AvgIpc) is 2.86. The Morgan fingerprint density at radius 2 is 2.05 bits per heavy atom. The number of nitrogen functional groups attached to an aromatic ring is 1. The molecule has 1 amide bonds. The fourth-order valence-electron chi connectivity index (χ4n) is 1.78. The van der Waals surface area contributed by atoms with Gasteiger partial charge in [-0.25, -0.2) is 0 Å². The highest BCUT2D eigenvalue weighted by molar-refractivity contribution is 7.08. The van der Waals surface area contributed by atoms with Crippen LogP contribution in [-0.4, -0.2) is 15.5 Å². The van der Waals surface area contributed by atoms with Gasteiger partial charge in [-0.1, -0.05) is 43.5 Å². The molecule has 2 aromatic rings. The zero-order valence-corrected chi connectivity index (χ0v) is 12.6. The van der Waals surface area contributed by atoms with E-state index in [1.165, 1.54) is 0 Å². The SMILES string of the molecule is CC(C)(C)c1nnsc1C(=O)NCc1ccccc1N. The molecule has 6 heteroatoms. The summed E-state index contributed by atoms with van der Waals surface area (Å²) in [6.07, 6.45) is 0. The summed E-state index contributed by atoms with van der Waals surface area (Å²) in [6, 6.07) is 7.47. The summed E-state index contributed by atoms with van der Waals surface area (Å²) in [4.78, 5) is 12.8. The summed E-state index contributed by atoms with van der Waals surface area (Å²) in [7, 11) is 0. The van der Waals surface area contributed by atoms with Crippen molar-refractivity contribution in [2.75, 3.05) is 5.73 Å². The van der Waals surface area contributed by atoms with E-state index in [-0.39, 0.29) is 11.3 Å². The van der Waals surface area contributed by atoms with Gasteiger partial charge >= 0.3 is 0 Å². The van der Waals surface area contributed by atoms with Crippen LogP contribution >= 0.6 is 11.5 Å². The molecule has 1 heterocycles. The molecule has 1 aromatic heterocycles. The maximum Gasteiger partial charge on any atom is 0.265 e. The summed E-state index contributed by atoms with van der Waals surface area (Å²) in [5.41, 5.74) is 7.94. The zero-order chi connectivity index (χ0) is 14.8. The molecule has 20 heavy (non-hydrogen) atoms. The molecule has 2 rings (SSSR count). The van der Waals surface area contributed by atoms with Crippen LogP contribution in [0.2, 0.25) is 0 Å². The van der Waals surface area contributed by atoms with E-state index in [1.54, 1.807) is 0 Å². The molecule has 106 valence electrons. The van der Waals surface area contributed by atoms with Crippen LogP contribution in [0.1, 0.15) is 41.7 Å². The smallest absolute Gasteiger partial charge is 0.265 e. The van der Waals surface area contributed by atoms with Gasteiger partial charge in [0.05, 0.1) is 5.69 Å². The van der Waals surface area contributed by atoms with Crippen molar-refractivity contribution >= 4 is 23.1 Å². The topological polar surface area (TPSA) is 80.9 Å². The van der Waals surface area contributed by atoms with Gasteiger partial charge in [-0.15, -0.1) is 5.10 Å². The van der Waals surface area contributed by atoms with Crippen molar-refractivity contribution in [3.63, 3.8) is 0 Å². The second-order valence-corrected chi connectivity index (χ2v) is 6.34. The highest BCUT2D eigenvalue weighted by atomic mass is 32.1. The predicted molar refractivity (Wildman–Crippen MR) is 80.6 cm³/mol. The predicted octanol–water partition coefficient (Wildman–Crippen LogP) is 2.35. The van der Waals surface area contributed by atoms with E-state index in [0.29, 0.717) is 17.1 Å². The summed E-state index contributed by atoms with van der Waals surface area (Å²) < 4.78 is 3.89. The standard InChI is InChI=1S/C14H18N4OS/c1-14(2,3)12-11(20-18-17-12)13(19)16-8-9-6-4-5-7-10(9)15/h4-7H,8,15H2,1-3H3,(H,16,19). The summed E-state index contributed by atoms with van der Waals surface area (Å²) >= 11 is 1.12. The first kappa shape index (κ1) is 14.5. The van der Waals surface area contributed by atoms with E-state index in [4.69, 9.17) is 5.73 Å². The fourth-order valence-corrected chi connectivity index (χ4v) is 2.57. The number of benzene rings is 1. The number of aromatic nitrogens is 2. The molecule has 0 unspecified atom stereocenters. The molecular formula is C14H18N4OS. The fraction of sp³-hybridized carbons (Fsp3) is 0.357. The molecule has 1 aromatic carbocycles. The lowest BCUT2D eigenvalue weighted by Crippen LogP contribution is -2.26. The van der Waals surface area contributed by atoms with E-state index >= 15 is 0 Å². The second kappa shape index (κ2) is 5.58. The van der Waals surface area contributed by atoms with Crippen LogP contribution in [0.3, 0.4) is 0 Å². The number of nitrogens with two attached hydrogens (primary N) is 1. The van der Waals surface area contributed by atoms with Gasteiger partial charge in [-0.2, -0.15) is 0 Å². The Kier molecular flexibility index (Phi) is 4.04. The minimum absolute atomic E-state index is 0.159. The molecule has 0 saturated carbocycles. The van der Waals surface area contributed by atoms with E-state index in [1.807, 2.05) is 45.0 Å². The molecule has 0 radical (unpaired) electrons. The third-order valence-corrected chi connectivity index (χ3v) is 3.62. The maximum atomic E-state index is 12.2. The lowest BCUT2D eigenvalue weighted by atomic mass is 9.91. The van der Waals surface area contributed by atoms with Gasteiger partial charge in [0.15, 0.2) is 0 Å². The number of nitrogens with one attached hydrogen (secondary N) is 1. The van der Waals surface area contributed by atoms with Crippen molar-refractivity contribution in [3.8, 4) is 0 Å². The van der Waals surface area contributed by atoms with Gasteiger partial charge in [0.25, 0.3) is 5.91 Å². The quantitative estimate of drug-likeness (QED) is 0.850. The molecular weight excluding hydrogens is 272 g/mol. The van der Waals surface area contributed by atoms with Crippen LogP contribution in [0.15, 0.2) is 24.3 Å². The zero-order valence-electron chi connectivity index (χ0n) is 11.8. The van der Waals surface area contributed by atoms with Crippen LogP contribution in [0, 0.1) is 0 Å². The summed E-state index contributed by atoms with van der Waals surface area (Å²) in [5.74, 6) is -0.159. The van der Waals surface area contributed by atoms with E-state index in [2.05, 4.69) is 14.9 Å². The molecule has 5 nitrogen and oxygen atoms in total. The van der Waals surface area contributed by atoms with Crippen molar-refractivity contribution < 1.29 is 4.79 Å². The third kappa shape index (κ3) is 3.14. The van der Waals surface area contributed by atoms with Gasteiger partial charge in [-0.3, -0.25) is 4.79 Å². The number of rotatable bonds is 3. The van der Waals surface area contributed by atoms with Crippen molar-refractivity contribution in [1.29, 1.82) is 0 Å². The minimum Gasteiger partial charge on any atom is -0.398 e. The van der Waals surface area contributed by atoms with Gasteiger partial charge in [0, 0.05) is 17.6 Å². The third-order valence-electron chi connectivity index (χ3n) is 2.90. The molecule has 3 N–H and O–H groups in total. The number of carbonyl (C=O) groups excluding carboxylic acids is 1. The second-order valence-electron chi connectivity index (χ2n) is 5.58. The molecule has 0 bridgehead atoms. The van der Waals surface area contributed by atoms with Crippen LogP contribution in [0.4, 0.5) is 5.69 Å². The van der Waals surface area contributed by atoms with Crippen LogP contribution in [0.5, 0.6) is 0 Å². The Morgan fingerprint density at radius 3 is 2.70 bits per heavy atom. The number of para-hydroxylation sites is 1. The van der Waals surface area contributed by atoms with Gasteiger partial charge in [-0.05, 0) is 23.2 Å². The first-order chi connectivity index (χ1) is 9.39. The number of nitrogens with zero attached hydrogens (tertiary/aromatic N) is 2. The van der Waals surface area contributed by atoms with Gasteiger partial charge < -0.3 is 11.1 Å². The van der Waals surface area contributed by atoms with Crippen molar-refractivity contribution in [3.05, 3.63) is 40.4 Å². The largest absolute Gasteiger partial charge is 0.398 e. The molecule has 0 aliphatic rings. The van der Waals surface area contributed by atoms with Gasteiger partial charge in [0.1, 0.15) is 4.88 Å². The first-order valence-corrected chi connectivity index (χ1v) is 7.11. The van der Waals surface area contributed by atoms with E-state index in [9.17, 15) is 4.79 Å². The summed E-state index contributed by atoms with van der Waals surface area (Å²) in [5, 5.41) is 6.93. The normalized spacial score (nSPS) is 11.3. The summed E-state index contributed by atoms with van der Waals surface area (Å²) in [6.45, 7) is 6.42.